The molecule has 0 aliphatic carbocycles. The molecule has 2 aromatic rings. The van der Waals surface area contributed by atoms with Crippen molar-refractivity contribution in [3.8, 4) is 5.75 Å². The van der Waals surface area contributed by atoms with Crippen molar-refractivity contribution in [1.82, 2.24) is 4.31 Å². The summed E-state index contributed by atoms with van der Waals surface area (Å²) in [5, 5.41) is 0. The minimum Gasteiger partial charge on any atom is -0.490 e. The zero-order valence-electron chi connectivity index (χ0n) is 15.0. The molecule has 0 saturated carbocycles. The Labute approximate surface area is 162 Å². The third-order valence-corrected chi connectivity index (χ3v) is 5.97. The Bertz CT molecular complexity index is 910. The number of halogens is 1. The zero-order chi connectivity index (χ0) is 20.0. The SMILES string of the molecule is O=C(OCCOc1ccc(F)cc1)c1cccc(S(=O)(=O)N2CCOCC2)c1. The number of carbonyl (C=O) groups is 1. The molecule has 0 radical (unpaired) electrons. The molecule has 0 unspecified atom stereocenters. The van der Waals surface area contributed by atoms with Crippen LogP contribution < -0.4 is 4.74 Å². The Morgan fingerprint density at radius 2 is 1.79 bits per heavy atom. The van der Waals surface area contributed by atoms with Crippen LogP contribution >= 0.6 is 0 Å². The molecule has 0 atom stereocenters. The van der Waals surface area contributed by atoms with E-state index in [-0.39, 0.29) is 42.6 Å². The molecule has 0 N–H and O–H groups in total. The predicted octanol–water partition coefficient (Wildman–Crippen LogP) is 2.08. The Kier molecular flexibility index (Phi) is 6.61. The number of hydrogen-bond donors (Lipinski definition) is 0. The van der Waals surface area contributed by atoms with Gasteiger partial charge in [0.25, 0.3) is 0 Å². The Morgan fingerprint density at radius 1 is 1.07 bits per heavy atom. The molecule has 150 valence electrons. The average Bonchev–Trinajstić information content (AvgIpc) is 2.73. The molecule has 7 nitrogen and oxygen atoms in total. The summed E-state index contributed by atoms with van der Waals surface area (Å²) in [5.41, 5.74) is 0.135. The maximum absolute atomic E-state index is 12.8. The molecule has 0 bridgehead atoms. The van der Waals surface area contributed by atoms with Crippen LogP contribution in [0.15, 0.2) is 53.4 Å². The third kappa shape index (κ3) is 5.06. The molecule has 1 aliphatic rings. The molecule has 2 aromatic carbocycles. The van der Waals surface area contributed by atoms with E-state index in [1.165, 1.54) is 52.8 Å². The fraction of sp³-hybridized carbons (Fsp3) is 0.316. The highest BCUT2D eigenvalue weighted by molar-refractivity contribution is 7.89. The number of morpholine rings is 1. The lowest BCUT2D eigenvalue weighted by Gasteiger charge is -2.26. The molecular formula is C19H20FNO6S. The summed E-state index contributed by atoms with van der Waals surface area (Å²) in [4.78, 5) is 12.2. The van der Waals surface area contributed by atoms with E-state index >= 15 is 0 Å². The molecule has 0 amide bonds. The molecule has 0 spiro atoms. The van der Waals surface area contributed by atoms with Gasteiger partial charge in [-0.15, -0.1) is 0 Å². The minimum absolute atomic E-state index is 0.0311. The summed E-state index contributed by atoms with van der Waals surface area (Å²) in [6.45, 7) is 1.29. The summed E-state index contributed by atoms with van der Waals surface area (Å²) in [6, 6.07) is 11.2. The molecule has 1 saturated heterocycles. The van der Waals surface area contributed by atoms with Crippen LogP contribution in [0.2, 0.25) is 0 Å². The molecule has 1 fully saturated rings. The quantitative estimate of drug-likeness (QED) is 0.514. The second-order valence-electron chi connectivity index (χ2n) is 5.98. The highest BCUT2D eigenvalue weighted by Crippen LogP contribution is 2.19. The van der Waals surface area contributed by atoms with E-state index in [1.807, 2.05) is 0 Å². The predicted molar refractivity (Wildman–Crippen MR) is 98.2 cm³/mol. The van der Waals surface area contributed by atoms with Crippen LogP contribution in [0, 0.1) is 5.82 Å². The number of hydrogen-bond acceptors (Lipinski definition) is 6. The van der Waals surface area contributed by atoms with Crippen LogP contribution in [-0.4, -0.2) is 58.2 Å². The maximum Gasteiger partial charge on any atom is 0.338 e. The van der Waals surface area contributed by atoms with Gasteiger partial charge in [0, 0.05) is 13.1 Å². The van der Waals surface area contributed by atoms with Gasteiger partial charge in [-0.1, -0.05) is 6.07 Å². The van der Waals surface area contributed by atoms with E-state index in [0.29, 0.717) is 19.0 Å². The first-order valence-electron chi connectivity index (χ1n) is 8.70. The number of nitrogens with zero attached hydrogens (tertiary/aromatic N) is 1. The van der Waals surface area contributed by atoms with Crippen molar-refractivity contribution >= 4 is 16.0 Å². The fourth-order valence-electron chi connectivity index (χ4n) is 2.63. The molecule has 3 rings (SSSR count). The minimum atomic E-state index is -3.69. The lowest BCUT2D eigenvalue weighted by Crippen LogP contribution is -2.40. The van der Waals surface area contributed by atoms with E-state index < -0.39 is 16.0 Å². The topological polar surface area (TPSA) is 82.1 Å². The van der Waals surface area contributed by atoms with Gasteiger partial charge in [0.05, 0.1) is 23.7 Å². The summed E-state index contributed by atoms with van der Waals surface area (Å²) in [7, 11) is -3.69. The van der Waals surface area contributed by atoms with Gasteiger partial charge in [-0.2, -0.15) is 4.31 Å². The Hall–Kier alpha value is -2.49. The van der Waals surface area contributed by atoms with Crippen molar-refractivity contribution in [2.24, 2.45) is 0 Å². The number of carbonyl (C=O) groups excluding carboxylic acids is 1. The van der Waals surface area contributed by atoms with Gasteiger partial charge in [-0.25, -0.2) is 17.6 Å². The smallest absolute Gasteiger partial charge is 0.338 e. The average molecular weight is 409 g/mol. The first kappa shape index (κ1) is 20.2. The van der Waals surface area contributed by atoms with E-state index in [1.54, 1.807) is 0 Å². The molecule has 9 heteroatoms. The van der Waals surface area contributed by atoms with Crippen LogP contribution in [0.1, 0.15) is 10.4 Å². The highest BCUT2D eigenvalue weighted by Gasteiger charge is 2.27. The molecule has 28 heavy (non-hydrogen) atoms. The fourth-order valence-corrected chi connectivity index (χ4v) is 4.08. The van der Waals surface area contributed by atoms with E-state index in [4.69, 9.17) is 14.2 Å². The van der Waals surface area contributed by atoms with E-state index in [0.717, 1.165) is 0 Å². The Morgan fingerprint density at radius 3 is 2.50 bits per heavy atom. The van der Waals surface area contributed by atoms with Gasteiger partial charge in [0.15, 0.2) is 0 Å². The second-order valence-corrected chi connectivity index (χ2v) is 7.92. The highest BCUT2D eigenvalue weighted by atomic mass is 32.2. The number of benzene rings is 2. The normalized spacial score (nSPS) is 15.2. The first-order valence-corrected chi connectivity index (χ1v) is 10.1. The summed E-state index contributed by atoms with van der Waals surface area (Å²) < 4.78 is 55.1. The van der Waals surface area contributed by atoms with Gasteiger partial charge < -0.3 is 14.2 Å². The van der Waals surface area contributed by atoms with Crippen molar-refractivity contribution in [1.29, 1.82) is 0 Å². The van der Waals surface area contributed by atoms with Crippen LogP contribution in [0.5, 0.6) is 5.75 Å². The second kappa shape index (κ2) is 9.13. The molecule has 1 heterocycles. The zero-order valence-corrected chi connectivity index (χ0v) is 15.9. The van der Waals surface area contributed by atoms with Gasteiger partial charge >= 0.3 is 5.97 Å². The van der Waals surface area contributed by atoms with Crippen molar-refractivity contribution < 1.29 is 31.8 Å². The van der Waals surface area contributed by atoms with Gasteiger partial charge in [-0.05, 0) is 42.5 Å². The van der Waals surface area contributed by atoms with Crippen LogP contribution in [0.4, 0.5) is 4.39 Å². The largest absolute Gasteiger partial charge is 0.490 e. The monoisotopic (exact) mass is 409 g/mol. The van der Waals surface area contributed by atoms with E-state index in [9.17, 15) is 17.6 Å². The van der Waals surface area contributed by atoms with Gasteiger partial charge in [0.2, 0.25) is 10.0 Å². The molecule has 0 aromatic heterocycles. The van der Waals surface area contributed by atoms with Gasteiger partial charge in [-0.3, -0.25) is 0 Å². The molecular weight excluding hydrogens is 389 g/mol. The number of esters is 1. The van der Waals surface area contributed by atoms with Crippen molar-refractivity contribution in [2.75, 3.05) is 39.5 Å². The third-order valence-electron chi connectivity index (χ3n) is 4.08. The van der Waals surface area contributed by atoms with Crippen LogP contribution in [0.25, 0.3) is 0 Å². The van der Waals surface area contributed by atoms with E-state index in [2.05, 4.69) is 0 Å². The van der Waals surface area contributed by atoms with Crippen molar-refractivity contribution in [2.45, 2.75) is 4.90 Å². The van der Waals surface area contributed by atoms with Crippen molar-refractivity contribution in [3.63, 3.8) is 0 Å². The Balaban J connectivity index is 1.56. The standard InChI is InChI=1S/C19H20FNO6S/c20-16-4-6-17(7-5-16)26-12-13-27-19(22)15-2-1-3-18(14-15)28(23,24)21-8-10-25-11-9-21/h1-7,14H,8-13H2. The summed E-state index contributed by atoms with van der Waals surface area (Å²) >= 11 is 0. The first-order chi connectivity index (χ1) is 13.5. The van der Waals surface area contributed by atoms with Crippen molar-refractivity contribution in [3.05, 3.63) is 59.9 Å². The van der Waals surface area contributed by atoms with Crippen LogP contribution in [0.3, 0.4) is 0 Å². The van der Waals surface area contributed by atoms with Crippen LogP contribution in [-0.2, 0) is 19.5 Å². The lowest BCUT2D eigenvalue weighted by atomic mass is 10.2. The number of rotatable bonds is 7. The molecule has 1 aliphatic heterocycles. The summed E-state index contributed by atoms with van der Waals surface area (Å²) in [6.07, 6.45) is 0. The maximum atomic E-state index is 12.8. The van der Waals surface area contributed by atoms with Gasteiger partial charge in [0.1, 0.15) is 24.8 Å². The number of sulfonamides is 1. The lowest BCUT2D eigenvalue weighted by molar-refractivity contribution is 0.0450. The number of ether oxygens (including phenoxy) is 3. The summed E-state index contributed by atoms with van der Waals surface area (Å²) in [5.74, 6) is -0.566.